The highest BCUT2D eigenvalue weighted by Crippen LogP contribution is 2.19. The number of hydrogen-bond donors (Lipinski definition) is 1. The first-order chi connectivity index (χ1) is 11.5. The van der Waals surface area contributed by atoms with Crippen LogP contribution in [0.15, 0.2) is 42.5 Å². The number of rotatable bonds is 6. The molecular formula is C19H21NO4. The van der Waals surface area contributed by atoms with Crippen molar-refractivity contribution in [3.63, 3.8) is 0 Å². The zero-order chi connectivity index (χ0) is 17.5. The smallest absolute Gasteiger partial charge is 0.337 e. The van der Waals surface area contributed by atoms with E-state index in [0.717, 1.165) is 17.5 Å². The molecule has 2 rings (SSSR count). The third-order valence-corrected chi connectivity index (χ3v) is 3.65. The number of ether oxygens (including phenoxy) is 2. The van der Waals surface area contributed by atoms with Gasteiger partial charge in [0.15, 0.2) is 6.61 Å². The summed E-state index contributed by atoms with van der Waals surface area (Å²) >= 11 is 0. The molecule has 0 aliphatic heterocycles. The number of benzene rings is 2. The maximum absolute atomic E-state index is 12.1. The second kappa shape index (κ2) is 8.15. The molecule has 5 nitrogen and oxygen atoms in total. The number of esters is 1. The van der Waals surface area contributed by atoms with Gasteiger partial charge in [0.05, 0.1) is 12.7 Å². The summed E-state index contributed by atoms with van der Waals surface area (Å²) in [5.74, 6) is -0.0279. The maximum Gasteiger partial charge on any atom is 0.337 e. The molecule has 1 amide bonds. The molecule has 24 heavy (non-hydrogen) atoms. The molecule has 0 atom stereocenters. The first-order valence-electron chi connectivity index (χ1n) is 7.74. The van der Waals surface area contributed by atoms with Gasteiger partial charge in [0.25, 0.3) is 5.91 Å². The average Bonchev–Trinajstić information content (AvgIpc) is 2.61. The zero-order valence-corrected chi connectivity index (χ0v) is 14.1. The monoisotopic (exact) mass is 327 g/mol. The molecule has 0 aliphatic rings. The van der Waals surface area contributed by atoms with E-state index in [1.54, 1.807) is 18.2 Å². The number of aryl methyl sites for hydroxylation is 2. The lowest BCUT2D eigenvalue weighted by Crippen LogP contribution is -2.21. The number of para-hydroxylation sites is 1. The van der Waals surface area contributed by atoms with Gasteiger partial charge in [-0.15, -0.1) is 0 Å². The molecule has 0 bridgehead atoms. The highest BCUT2D eigenvalue weighted by Gasteiger charge is 2.11. The van der Waals surface area contributed by atoms with E-state index in [-0.39, 0.29) is 12.5 Å². The lowest BCUT2D eigenvalue weighted by Gasteiger charge is -2.12. The van der Waals surface area contributed by atoms with Crippen molar-refractivity contribution >= 4 is 17.6 Å². The van der Waals surface area contributed by atoms with Crippen molar-refractivity contribution in [3.8, 4) is 5.75 Å². The number of nitrogens with one attached hydrogen (secondary N) is 1. The molecule has 0 spiro atoms. The second-order valence-corrected chi connectivity index (χ2v) is 5.32. The van der Waals surface area contributed by atoms with Gasteiger partial charge in [0, 0.05) is 5.69 Å². The van der Waals surface area contributed by atoms with E-state index in [4.69, 9.17) is 9.47 Å². The lowest BCUT2D eigenvalue weighted by atomic mass is 10.1. The Morgan fingerprint density at radius 2 is 1.88 bits per heavy atom. The van der Waals surface area contributed by atoms with Crippen molar-refractivity contribution in [1.82, 2.24) is 0 Å². The van der Waals surface area contributed by atoms with Crippen molar-refractivity contribution in [2.75, 3.05) is 19.0 Å². The number of carbonyl (C=O) groups is 2. The van der Waals surface area contributed by atoms with Crippen LogP contribution in [0.4, 0.5) is 5.69 Å². The van der Waals surface area contributed by atoms with Crippen LogP contribution in [0.25, 0.3) is 0 Å². The predicted molar refractivity (Wildman–Crippen MR) is 92.5 cm³/mol. The van der Waals surface area contributed by atoms with Crippen molar-refractivity contribution in [2.24, 2.45) is 0 Å². The molecule has 1 N–H and O–H groups in total. The van der Waals surface area contributed by atoms with Crippen LogP contribution in [0.1, 0.15) is 28.4 Å². The fraction of sp³-hybridized carbons (Fsp3) is 0.263. The quantitative estimate of drug-likeness (QED) is 0.826. The van der Waals surface area contributed by atoms with Crippen LogP contribution in [0.3, 0.4) is 0 Å². The first-order valence-corrected chi connectivity index (χ1v) is 7.74. The number of methoxy groups -OCH3 is 1. The third-order valence-electron chi connectivity index (χ3n) is 3.65. The lowest BCUT2D eigenvalue weighted by molar-refractivity contribution is -0.118. The topological polar surface area (TPSA) is 64.6 Å². The van der Waals surface area contributed by atoms with E-state index in [9.17, 15) is 9.59 Å². The third kappa shape index (κ3) is 4.35. The molecule has 0 saturated carbocycles. The summed E-state index contributed by atoms with van der Waals surface area (Å²) in [6.45, 7) is 3.78. The van der Waals surface area contributed by atoms with E-state index in [2.05, 4.69) is 5.32 Å². The molecule has 0 aromatic heterocycles. The van der Waals surface area contributed by atoms with Crippen LogP contribution in [0.5, 0.6) is 5.75 Å². The van der Waals surface area contributed by atoms with Crippen LogP contribution in [0.2, 0.25) is 0 Å². The van der Waals surface area contributed by atoms with Crippen LogP contribution < -0.4 is 10.1 Å². The van der Waals surface area contributed by atoms with Gasteiger partial charge < -0.3 is 14.8 Å². The molecule has 2 aromatic carbocycles. The summed E-state index contributed by atoms with van der Waals surface area (Å²) < 4.78 is 10.3. The normalized spacial score (nSPS) is 10.1. The minimum absolute atomic E-state index is 0.0983. The number of anilines is 1. The molecule has 0 radical (unpaired) electrons. The SMILES string of the molecule is CCc1ccccc1OCC(=O)Nc1cc(C(=O)OC)ccc1C. The average molecular weight is 327 g/mol. The fourth-order valence-electron chi connectivity index (χ4n) is 2.27. The fourth-order valence-corrected chi connectivity index (χ4v) is 2.27. The Morgan fingerprint density at radius 3 is 2.58 bits per heavy atom. The standard InChI is InChI=1S/C19H21NO4/c1-4-14-7-5-6-8-17(14)24-12-18(21)20-16-11-15(19(22)23-3)10-9-13(16)2/h5-11H,4,12H2,1-3H3,(H,20,21). The van der Waals surface area contributed by atoms with Gasteiger partial charge >= 0.3 is 5.97 Å². The van der Waals surface area contributed by atoms with Gasteiger partial charge in [-0.25, -0.2) is 4.79 Å². The Hall–Kier alpha value is -2.82. The van der Waals surface area contributed by atoms with Crippen molar-refractivity contribution in [1.29, 1.82) is 0 Å². The van der Waals surface area contributed by atoms with Gasteiger partial charge in [-0.2, -0.15) is 0 Å². The minimum Gasteiger partial charge on any atom is -0.483 e. The summed E-state index contributed by atoms with van der Waals surface area (Å²) in [6.07, 6.45) is 0.831. The minimum atomic E-state index is -0.446. The Bertz CT molecular complexity index is 740. The van der Waals surface area contributed by atoms with Crippen LogP contribution in [0, 0.1) is 6.92 Å². The summed E-state index contributed by atoms with van der Waals surface area (Å²) in [5, 5.41) is 2.77. The Morgan fingerprint density at radius 1 is 1.12 bits per heavy atom. The van der Waals surface area contributed by atoms with Gasteiger partial charge in [0.1, 0.15) is 5.75 Å². The molecule has 0 heterocycles. The summed E-state index contributed by atoms with van der Waals surface area (Å²) in [5.41, 5.74) is 2.85. The summed E-state index contributed by atoms with van der Waals surface area (Å²) in [7, 11) is 1.32. The molecule has 5 heteroatoms. The van der Waals surface area contributed by atoms with Gasteiger partial charge in [0.2, 0.25) is 0 Å². The Labute approximate surface area is 141 Å². The number of carbonyl (C=O) groups excluding carboxylic acids is 2. The summed E-state index contributed by atoms with van der Waals surface area (Å²) in [6, 6.07) is 12.6. The van der Waals surface area contributed by atoms with E-state index in [1.165, 1.54) is 7.11 Å². The van der Waals surface area contributed by atoms with E-state index >= 15 is 0 Å². The zero-order valence-electron chi connectivity index (χ0n) is 14.1. The molecule has 0 fully saturated rings. The highest BCUT2D eigenvalue weighted by atomic mass is 16.5. The maximum atomic E-state index is 12.1. The van der Waals surface area contributed by atoms with Crippen LogP contribution >= 0.6 is 0 Å². The predicted octanol–water partition coefficient (Wildman–Crippen LogP) is 3.36. The molecule has 2 aromatic rings. The first kappa shape index (κ1) is 17.5. The van der Waals surface area contributed by atoms with Crippen molar-refractivity contribution in [2.45, 2.75) is 20.3 Å². The highest BCUT2D eigenvalue weighted by molar-refractivity contribution is 5.95. The second-order valence-electron chi connectivity index (χ2n) is 5.32. The Balaban J connectivity index is 2.03. The van der Waals surface area contributed by atoms with E-state index in [1.807, 2.05) is 38.1 Å². The van der Waals surface area contributed by atoms with Crippen LogP contribution in [-0.4, -0.2) is 25.6 Å². The molecule has 126 valence electrons. The molecule has 0 unspecified atom stereocenters. The summed E-state index contributed by atoms with van der Waals surface area (Å²) in [4.78, 5) is 23.7. The molecular weight excluding hydrogens is 306 g/mol. The van der Waals surface area contributed by atoms with E-state index < -0.39 is 5.97 Å². The van der Waals surface area contributed by atoms with Gasteiger partial charge in [-0.05, 0) is 42.7 Å². The number of hydrogen-bond acceptors (Lipinski definition) is 4. The van der Waals surface area contributed by atoms with Gasteiger partial charge in [-0.3, -0.25) is 4.79 Å². The number of amides is 1. The van der Waals surface area contributed by atoms with Crippen LogP contribution in [-0.2, 0) is 16.0 Å². The van der Waals surface area contributed by atoms with Crippen molar-refractivity contribution in [3.05, 3.63) is 59.2 Å². The molecule has 0 saturated heterocycles. The van der Waals surface area contributed by atoms with Gasteiger partial charge in [-0.1, -0.05) is 31.2 Å². The molecule has 0 aliphatic carbocycles. The van der Waals surface area contributed by atoms with Crippen molar-refractivity contribution < 1.29 is 19.1 Å². The largest absolute Gasteiger partial charge is 0.483 e. The Kier molecular flexibility index (Phi) is 5.95. The van der Waals surface area contributed by atoms with E-state index in [0.29, 0.717) is 17.0 Å².